The number of halogens is 1. The highest BCUT2D eigenvalue weighted by Gasteiger charge is 2.14. The monoisotopic (exact) mass is 409 g/mol. The number of aliphatic carboxylic acids is 1. The van der Waals surface area contributed by atoms with Crippen LogP contribution in [0.3, 0.4) is 0 Å². The van der Waals surface area contributed by atoms with Gasteiger partial charge in [-0.25, -0.2) is 4.39 Å². The Morgan fingerprint density at radius 2 is 2.04 bits per heavy atom. The van der Waals surface area contributed by atoms with Crippen molar-refractivity contribution in [2.45, 2.75) is 26.0 Å². The predicted molar refractivity (Wildman–Crippen MR) is 89.5 cm³/mol. The standard InChI is InChI=1S/C17H18FN2O7P/c1-10-16(21)14(12(7-19-10)9-27-28(24,25)26)8-20-15(17(22)23)6-11-2-4-13(18)5-3-11/h2-5,7-8,15,21H,6,9H2,1H3,(H,22,23)(H2,24,25,26)/p-3. The molecule has 28 heavy (non-hydrogen) atoms. The molecule has 1 N–H and O–H groups in total. The second kappa shape index (κ2) is 9.03. The van der Waals surface area contributed by atoms with E-state index in [9.17, 15) is 33.7 Å². The molecular weight excluding hydrogens is 394 g/mol. The van der Waals surface area contributed by atoms with Crippen LogP contribution in [0.1, 0.15) is 22.4 Å². The normalized spacial score (nSPS) is 13.0. The highest BCUT2D eigenvalue weighted by Crippen LogP contribution is 2.29. The maximum absolute atomic E-state index is 13.0. The second-order valence-corrected chi connectivity index (χ2v) is 6.95. The maximum Gasteiger partial charge on any atom is 0.145 e. The molecule has 1 atom stereocenters. The van der Waals surface area contributed by atoms with Gasteiger partial charge in [-0.3, -0.25) is 9.98 Å². The molecule has 0 spiro atoms. The first-order valence-corrected chi connectivity index (χ1v) is 9.35. The lowest BCUT2D eigenvalue weighted by Crippen LogP contribution is -2.36. The molecule has 1 heterocycles. The molecule has 0 amide bonds. The van der Waals surface area contributed by atoms with Crippen molar-refractivity contribution in [3.05, 3.63) is 58.7 Å². The Hall–Kier alpha value is -2.65. The van der Waals surface area contributed by atoms with E-state index in [-0.39, 0.29) is 29.0 Å². The third-order valence-corrected chi connectivity index (χ3v) is 4.18. The average molecular weight is 409 g/mol. The molecule has 0 aliphatic carbocycles. The molecule has 0 saturated heterocycles. The van der Waals surface area contributed by atoms with Gasteiger partial charge < -0.3 is 33.9 Å². The molecular formula is C17H15FN2O7P-3. The van der Waals surface area contributed by atoms with E-state index < -0.39 is 32.3 Å². The number of hydrogen-bond acceptors (Lipinski definition) is 9. The number of aromatic hydroxyl groups is 1. The number of carbonyl (C=O) groups is 1. The quantitative estimate of drug-likeness (QED) is 0.445. The van der Waals surface area contributed by atoms with Crippen molar-refractivity contribution < 1.29 is 38.3 Å². The van der Waals surface area contributed by atoms with Crippen molar-refractivity contribution in [2.24, 2.45) is 4.99 Å². The third-order valence-electron chi connectivity index (χ3n) is 3.73. The van der Waals surface area contributed by atoms with Crippen LogP contribution >= 0.6 is 7.82 Å². The van der Waals surface area contributed by atoms with Gasteiger partial charge in [0.2, 0.25) is 0 Å². The minimum absolute atomic E-state index is 0.0117. The fourth-order valence-corrected chi connectivity index (χ4v) is 2.56. The Labute approximate surface area is 159 Å². The van der Waals surface area contributed by atoms with Crippen molar-refractivity contribution in [2.75, 3.05) is 0 Å². The van der Waals surface area contributed by atoms with Crippen LogP contribution in [0.25, 0.3) is 0 Å². The Balaban J connectivity index is 2.30. The van der Waals surface area contributed by atoms with Crippen LogP contribution in [-0.4, -0.2) is 28.3 Å². The number of carbonyl (C=O) groups excluding carboxylic acids is 1. The summed E-state index contributed by atoms with van der Waals surface area (Å²) in [4.78, 5) is 40.4. The zero-order valence-corrected chi connectivity index (χ0v) is 15.5. The van der Waals surface area contributed by atoms with Crippen LogP contribution in [-0.2, 0) is 26.9 Å². The van der Waals surface area contributed by atoms with Gasteiger partial charge in [-0.15, -0.1) is 0 Å². The first-order chi connectivity index (χ1) is 13.1. The van der Waals surface area contributed by atoms with E-state index in [2.05, 4.69) is 14.5 Å². The van der Waals surface area contributed by atoms with Gasteiger partial charge in [0.15, 0.2) is 0 Å². The van der Waals surface area contributed by atoms with Gasteiger partial charge in [0, 0.05) is 30.0 Å². The summed E-state index contributed by atoms with van der Waals surface area (Å²) in [6.07, 6.45) is 2.07. The Kier molecular flexibility index (Phi) is 6.98. The van der Waals surface area contributed by atoms with Crippen LogP contribution in [0.15, 0.2) is 35.5 Å². The number of aromatic nitrogens is 1. The number of aryl methyl sites for hydroxylation is 1. The molecule has 0 saturated carbocycles. The fraction of sp³-hybridized carbons (Fsp3) is 0.235. The van der Waals surface area contributed by atoms with Crippen LogP contribution in [0.2, 0.25) is 0 Å². The summed E-state index contributed by atoms with van der Waals surface area (Å²) < 4.78 is 27.8. The van der Waals surface area contributed by atoms with Gasteiger partial charge in [0.05, 0.1) is 32.1 Å². The molecule has 0 radical (unpaired) electrons. The molecule has 1 aromatic carbocycles. The number of rotatable bonds is 8. The fourth-order valence-electron chi connectivity index (χ4n) is 2.27. The number of phosphoric ester groups is 1. The summed E-state index contributed by atoms with van der Waals surface area (Å²) >= 11 is 0. The summed E-state index contributed by atoms with van der Waals surface area (Å²) in [6.45, 7) is 0.749. The van der Waals surface area contributed by atoms with Crippen LogP contribution in [0.5, 0.6) is 5.75 Å². The molecule has 9 nitrogen and oxygen atoms in total. The molecule has 0 fully saturated rings. The minimum Gasteiger partial charge on any atom is -0.790 e. The van der Waals surface area contributed by atoms with E-state index in [0.29, 0.717) is 5.56 Å². The number of aliphatic imine (C=N–C) groups is 1. The number of carboxylic acid groups (broad SMARTS) is 1. The lowest BCUT2D eigenvalue weighted by molar-refractivity contribution is -0.342. The summed E-state index contributed by atoms with van der Waals surface area (Å²) in [5.41, 5.74) is 0.621. The summed E-state index contributed by atoms with van der Waals surface area (Å²) in [5.74, 6) is -2.37. The SMILES string of the molecule is Cc1ncc(COP(=O)([O-])[O-])c(C=NC(Cc2ccc(F)cc2)C(=O)[O-])c1O. The number of nitrogens with zero attached hydrogens (tertiary/aromatic N) is 2. The predicted octanol–water partition coefficient (Wildman–Crippen LogP) is -0.640. The van der Waals surface area contributed by atoms with Crippen LogP contribution < -0.4 is 14.9 Å². The zero-order chi connectivity index (χ0) is 20.9. The average Bonchev–Trinajstić information content (AvgIpc) is 2.61. The van der Waals surface area contributed by atoms with Gasteiger partial charge in [-0.2, -0.15) is 0 Å². The maximum atomic E-state index is 13.0. The van der Waals surface area contributed by atoms with Gasteiger partial charge in [0.1, 0.15) is 11.6 Å². The number of hydrogen-bond donors (Lipinski definition) is 1. The van der Waals surface area contributed by atoms with Crippen LogP contribution in [0, 0.1) is 12.7 Å². The highest BCUT2D eigenvalue weighted by molar-refractivity contribution is 7.43. The Morgan fingerprint density at radius 1 is 1.39 bits per heavy atom. The minimum atomic E-state index is -5.27. The molecule has 0 aliphatic heterocycles. The number of carboxylic acids is 1. The molecule has 0 bridgehead atoms. The third kappa shape index (κ3) is 6.21. The first-order valence-electron chi connectivity index (χ1n) is 7.89. The lowest BCUT2D eigenvalue weighted by atomic mass is 10.1. The molecule has 1 aromatic heterocycles. The van der Waals surface area contributed by atoms with Gasteiger partial charge in [0.25, 0.3) is 0 Å². The molecule has 0 aliphatic rings. The molecule has 1 unspecified atom stereocenters. The van der Waals surface area contributed by atoms with Crippen molar-refractivity contribution in [3.8, 4) is 5.75 Å². The van der Waals surface area contributed by atoms with Gasteiger partial charge in [-0.1, -0.05) is 12.1 Å². The zero-order valence-electron chi connectivity index (χ0n) is 14.6. The molecule has 2 aromatic rings. The Bertz CT molecular complexity index is 928. The first kappa shape index (κ1) is 21.6. The number of pyridine rings is 1. The van der Waals surface area contributed by atoms with E-state index in [1.165, 1.54) is 37.4 Å². The Morgan fingerprint density at radius 3 is 2.61 bits per heavy atom. The van der Waals surface area contributed by atoms with E-state index in [0.717, 1.165) is 6.21 Å². The largest absolute Gasteiger partial charge is 0.790 e. The van der Waals surface area contributed by atoms with Crippen molar-refractivity contribution in [1.29, 1.82) is 0 Å². The van der Waals surface area contributed by atoms with Crippen molar-refractivity contribution in [3.63, 3.8) is 0 Å². The molecule has 11 heteroatoms. The van der Waals surface area contributed by atoms with E-state index in [1.54, 1.807) is 0 Å². The second-order valence-electron chi connectivity index (χ2n) is 5.80. The van der Waals surface area contributed by atoms with Crippen molar-refractivity contribution in [1.82, 2.24) is 4.98 Å². The summed E-state index contributed by atoms with van der Waals surface area (Å²) in [6, 6.07) is 3.77. The number of phosphoric acid groups is 1. The number of benzene rings is 1. The van der Waals surface area contributed by atoms with E-state index in [4.69, 9.17) is 0 Å². The molecule has 150 valence electrons. The summed E-state index contributed by atoms with van der Waals surface area (Å²) in [7, 11) is -5.27. The van der Waals surface area contributed by atoms with Crippen molar-refractivity contribution >= 4 is 20.0 Å². The highest BCUT2D eigenvalue weighted by atomic mass is 31.2. The van der Waals surface area contributed by atoms with E-state index >= 15 is 0 Å². The van der Waals surface area contributed by atoms with Gasteiger partial charge in [-0.05, 0) is 24.6 Å². The van der Waals surface area contributed by atoms with E-state index in [1.807, 2.05) is 0 Å². The lowest BCUT2D eigenvalue weighted by Gasteiger charge is -2.28. The smallest absolute Gasteiger partial charge is 0.145 e. The molecule has 2 rings (SSSR count). The summed E-state index contributed by atoms with van der Waals surface area (Å²) in [5, 5.41) is 21.5. The van der Waals surface area contributed by atoms with Gasteiger partial charge >= 0.3 is 0 Å². The van der Waals surface area contributed by atoms with Crippen LogP contribution in [0.4, 0.5) is 4.39 Å². The topological polar surface area (TPSA) is 158 Å².